The van der Waals surface area contributed by atoms with E-state index in [1.54, 1.807) is 6.92 Å². The van der Waals surface area contributed by atoms with Crippen molar-refractivity contribution in [3.63, 3.8) is 0 Å². The highest BCUT2D eigenvalue weighted by Crippen LogP contribution is 2.22. The first-order valence-electron chi connectivity index (χ1n) is 5.78. The summed E-state index contributed by atoms with van der Waals surface area (Å²) < 4.78 is 0. The number of carbonyl (C=O) groups excluding carboxylic acids is 2. The summed E-state index contributed by atoms with van der Waals surface area (Å²) in [5, 5.41) is 16.2. The van der Waals surface area contributed by atoms with Crippen LogP contribution < -0.4 is 16.0 Å². The Morgan fingerprint density at radius 1 is 1.25 bits per heavy atom. The molecule has 0 bridgehead atoms. The first-order valence-corrected chi connectivity index (χ1v) is 6.16. The normalized spacial score (nSPS) is 9.70. The van der Waals surface area contributed by atoms with Crippen LogP contribution in [0.25, 0.3) is 0 Å². The topological polar surface area (TPSA) is 108 Å². The van der Waals surface area contributed by atoms with E-state index in [1.165, 1.54) is 18.2 Å². The number of nitrogens with one attached hydrogen (secondary N) is 3. The maximum absolute atomic E-state index is 11.5. The minimum atomic E-state index is -1.11. The van der Waals surface area contributed by atoms with E-state index in [0.29, 0.717) is 6.54 Å². The molecule has 1 rings (SSSR count). The van der Waals surface area contributed by atoms with Gasteiger partial charge in [-0.05, 0) is 25.1 Å². The van der Waals surface area contributed by atoms with E-state index >= 15 is 0 Å². The van der Waals surface area contributed by atoms with Gasteiger partial charge in [-0.25, -0.2) is 9.59 Å². The van der Waals surface area contributed by atoms with Crippen LogP contribution >= 0.6 is 11.6 Å². The summed E-state index contributed by atoms with van der Waals surface area (Å²) >= 11 is 5.84. The van der Waals surface area contributed by atoms with Crippen molar-refractivity contribution in [2.24, 2.45) is 0 Å². The van der Waals surface area contributed by atoms with Gasteiger partial charge in [0.2, 0.25) is 5.91 Å². The van der Waals surface area contributed by atoms with Gasteiger partial charge < -0.3 is 21.1 Å². The molecule has 0 aliphatic rings. The summed E-state index contributed by atoms with van der Waals surface area (Å²) in [6, 6.07) is 3.30. The second-order valence-corrected chi connectivity index (χ2v) is 4.17. The summed E-state index contributed by atoms with van der Waals surface area (Å²) in [6.45, 7) is 2.08. The van der Waals surface area contributed by atoms with Crippen molar-refractivity contribution in [3.8, 4) is 0 Å². The number of benzene rings is 1. The van der Waals surface area contributed by atoms with E-state index in [2.05, 4.69) is 16.0 Å². The number of hydrogen-bond acceptors (Lipinski definition) is 3. The lowest BCUT2D eigenvalue weighted by molar-refractivity contribution is -0.119. The minimum Gasteiger partial charge on any atom is -0.478 e. The molecule has 0 aliphatic carbocycles. The molecule has 0 atom stereocenters. The maximum atomic E-state index is 11.5. The fourth-order valence-corrected chi connectivity index (χ4v) is 1.56. The zero-order valence-corrected chi connectivity index (χ0v) is 11.5. The average molecular weight is 300 g/mol. The Kier molecular flexibility index (Phi) is 5.79. The monoisotopic (exact) mass is 299 g/mol. The molecular weight excluding hydrogens is 286 g/mol. The van der Waals surface area contributed by atoms with Crippen LogP contribution in [-0.4, -0.2) is 36.1 Å². The lowest BCUT2D eigenvalue weighted by atomic mass is 10.2. The van der Waals surface area contributed by atoms with Gasteiger partial charge in [-0.1, -0.05) is 11.6 Å². The molecule has 1 aromatic rings. The molecule has 8 heteroatoms. The van der Waals surface area contributed by atoms with Crippen molar-refractivity contribution >= 4 is 35.2 Å². The van der Waals surface area contributed by atoms with Crippen molar-refractivity contribution in [1.82, 2.24) is 10.6 Å². The molecule has 0 spiro atoms. The van der Waals surface area contributed by atoms with Gasteiger partial charge >= 0.3 is 12.0 Å². The van der Waals surface area contributed by atoms with Crippen molar-refractivity contribution < 1.29 is 19.5 Å². The molecular formula is C12H14ClN3O4. The van der Waals surface area contributed by atoms with E-state index < -0.39 is 12.0 Å². The Morgan fingerprint density at radius 3 is 2.50 bits per heavy atom. The van der Waals surface area contributed by atoms with E-state index in [4.69, 9.17) is 16.7 Å². The fraction of sp³-hybridized carbons (Fsp3) is 0.250. The van der Waals surface area contributed by atoms with E-state index in [0.717, 1.165) is 0 Å². The highest BCUT2D eigenvalue weighted by molar-refractivity contribution is 6.34. The van der Waals surface area contributed by atoms with Crippen molar-refractivity contribution in [2.75, 3.05) is 18.4 Å². The summed E-state index contributed by atoms with van der Waals surface area (Å²) in [5.74, 6) is -1.42. The Labute approximate surface area is 120 Å². The zero-order chi connectivity index (χ0) is 15.1. The SMILES string of the molecule is CCNC(=O)CNC(=O)Nc1ccc(C(=O)O)cc1Cl. The molecule has 0 radical (unpaired) electrons. The van der Waals surface area contributed by atoms with Crippen LogP contribution in [0.5, 0.6) is 0 Å². The predicted octanol–water partition coefficient (Wildman–Crippen LogP) is 1.30. The van der Waals surface area contributed by atoms with Gasteiger partial charge in [-0.2, -0.15) is 0 Å². The number of rotatable bonds is 5. The summed E-state index contributed by atoms with van der Waals surface area (Å²) in [7, 11) is 0. The molecule has 7 nitrogen and oxygen atoms in total. The molecule has 0 unspecified atom stereocenters. The van der Waals surface area contributed by atoms with Crippen LogP contribution in [0.3, 0.4) is 0 Å². The van der Waals surface area contributed by atoms with Gasteiger partial charge in [0.25, 0.3) is 0 Å². The van der Waals surface area contributed by atoms with Crippen molar-refractivity contribution in [2.45, 2.75) is 6.92 Å². The summed E-state index contributed by atoms with van der Waals surface area (Å²) in [5.41, 5.74) is 0.272. The molecule has 108 valence electrons. The van der Waals surface area contributed by atoms with Crippen LogP contribution in [0.15, 0.2) is 18.2 Å². The molecule has 3 amide bonds. The first kappa shape index (κ1) is 15.8. The molecule has 0 saturated carbocycles. The van der Waals surface area contributed by atoms with Gasteiger partial charge in [0.15, 0.2) is 0 Å². The highest BCUT2D eigenvalue weighted by Gasteiger charge is 2.10. The van der Waals surface area contributed by atoms with Gasteiger partial charge in [0.05, 0.1) is 22.8 Å². The fourth-order valence-electron chi connectivity index (χ4n) is 1.34. The third-order valence-electron chi connectivity index (χ3n) is 2.25. The van der Waals surface area contributed by atoms with Gasteiger partial charge in [0, 0.05) is 6.54 Å². The third-order valence-corrected chi connectivity index (χ3v) is 2.56. The van der Waals surface area contributed by atoms with Gasteiger partial charge in [-0.3, -0.25) is 4.79 Å². The molecule has 0 heterocycles. The maximum Gasteiger partial charge on any atom is 0.335 e. The van der Waals surface area contributed by atoms with E-state index in [1.807, 2.05) is 0 Å². The van der Waals surface area contributed by atoms with Gasteiger partial charge in [0.1, 0.15) is 0 Å². The number of urea groups is 1. The second kappa shape index (κ2) is 7.34. The van der Waals surface area contributed by atoms with Crippen molar-refractivity contribution in [3.05, 3.63) is 28.8 Å². The zero-order valence-electron chi connectivity index (χ0n) is 10.7. The Hall–Kier alpha value is -2.28. The Balaban J connectivity index is 2.58. The number of carboxylic acid groups (broad SMARTS) is 1. The largest absolute Gasteiger partial charge is 0.478 e. The number of carboxylic acids is 1. The third kappa shape index (κ3) is 4.77. The second-order valence-electron chi connectivity index (χ2n) is 3.76. The molecule has 20 heavy (non-hydrogen) atoms. The van der Waals surface area contributed by atoms with Crippen LogP contribution in [-0.2, 0) is 4.79 Å². The van der Waals surface area contributed by atoms with Crippen molar-refractivity contribution in [1.29, 1.82) is 0 Å². The molecule has 1 aromatic carbocycles. The number of carbonyl (C=O) groups is 3. The van der Waals surface area contributed by atoms with Crippen LogP contribution in [0.1, 0.15) is 17.3 Å². The Bertz CT molecular complexity index is 533. The number of amides is 3. The Morgan fingerprint density at radius 2 is 1.95 bits per heavy atom. The highest BCUT2D eigenvalue weighted by atomic mass is 35.5. The standard InChI is InChI=1S/C12H14ClN3O4/c1-2-14-10(17)6-15-12(20)16-9-4-3-7(11(18)19)5-8(9)13/h3-5H,2,6H2,1H3,(H,14,17)(H,18,19)(H2,15,16,20). The average Bonchev–Trinajstić information content (AvgIpc) is 2.39. The number of halogens is 1. The number of aromatic carboxylic acids is 1. The first-order chi connectivity index (χ1) is 9.43. The molecule has 0 saturated heterocycles. The number of likely N-dealkylation sites (N-methyl/N-ethyl adjacent to an activating group) is 1. The van der Waals surface area contributed by atoms with E-state index in [-0.39, 0.29) is 28.7 Å². The van der Waals surface area contributed by atoms with Crippen LogP contribution in [0.4, 0.5) is 10.5 Å². The van der Waals surface area contributed by atoms with E-state index in [9.17, 15) is 14.4 Å². The number of anilines is 1. The summed E-state index contributed by atoms with van der Waals surface area (Å²) in [4.78, 5) is 33.4. The number of hydrogen-bond donors (Lipinski definition) is 4. The molecule has 0 fully saturated rings. The van der Waals surface area contributed by atoms with Crippen LogP contribution in [0, 0.1) is 0 Å². The quantitative estimate of drug-likeness (QED) is 0.657. The lowest BCUT2D eigenvalue weighted by Gasteiger charge is -2.09. The summed E-state index contributed by atoms with van der Waals surface area (Å²) in [6.07, 6.45) is 0. The minimum absolute atomic E-state index is 0.0169. The molecule has 0 aliphatic heterocycles. The smallest absolute Gasteiger partial charge is 0.335 e. The molecule has 0 aromatic heterocycles. The van der Waals surface area contributed by atoms with Crippen LogP contribution in [0.2, 0.25) is 5.02 Å². The molecule has 4 N–H and O–H groups in total. The lowest BCUT2D eigenvalue weighted by Crippen LogP contribution is -2.38. The van der Waals surface area contributed by atoms with Gasteiger partial charge in [-0.15, -0.1) is 0 Å². The predicted molar refractivity (Wildman–Crippen MR) is 74.1 cm³/mol.